The number of pyridine rings is 1. The summed E-state index contributed by atoms with van der Waals surface area (Å²) in [7, 11) is 0. The number of hydrogen-bond acceptors (Lipinski definition) is 4. The number of halogens is 2. The van der Waals surface area contributed by atoms with Gasteiger partial charge in [0.05, 0.1) is 31.2 Å². The van der Waals surface area contributed by atoms with Crippen LogP contribution in [0.2, 0.25) is 0 Å². The summed E-state index contributed by atoms with van der Waals surface area (Å²) >= 11 is 0. The molecule has 1 atom stereocenters. The van der Waals surface area contributed by atoms with Crippen molar-refractivity contribution in [1.82, 2.24) is 10.3 Å². The molecule has 29 heavy (non-hydrogen) atoms. The van der Waals surface area contributed by atoms with Crippen LogP contribution in [-0.4, -0.2) is 24.2 Å². The van der Waals surface area contributed by atoms with Gasteiger partial charge in [-0.3, -0.25) is 4.98 Å². The maximum Gasteiger partial charge on any atom is 0.146 e. The van der Waals surface area contributed by atoms with Gasteiger partial charge in [0.15, 0.2) is 0 Å². The predicted molar refractivity (Wildman–Crippen MR) is 124 cm³/mol. The second-order valence-corrected chi connectivity index (χ2v) is 7.40. The highest BCUT2D eigenvalue weighted by Crippen LogP contribution is 2.34. The average molecular weight is 441 g/mol. The Hall–Kier alpha value is -1.33. The van der Waals surface area contributed by atoms with Crippen LogP contribution in [0.3, 0.4) is 0 Å². The third-order valence-electron chi connectivity index (χ3n) is 5.25. The van der Waals surface area contributed by atoms with E-state index in [0.29, 0.717) is 19.3 Å². The van der Waals surface area contributed by atoms with Gasteiger partial charge in [0.25, 0.3) is 0 Å². The van der Waals surface area contributed by atoms with Crippen LogP contribution in [0.5, 0.6) is 5.75 Å². The number of ether oxygens (including phenoxy) is 2. The summed E-state index contributed by atoms with van der Waals surface area (Å²) < 4.78 is 11.9. The van der Waals surface area contributed by atoms with E-state index in [9.17, 15) is 0 Å². The first-order chi connectivity index (χ1) is 13.2. The second-order valence-electron chi connectivity index (χ2n) is 7.40. The van der Waals surface area contributed by atoms with Crippen LogP contribution in [0.1, 0.15) is 61.2 Å². The molecule has 6 heteroatoms. The molecule has 4 nitrogen and oxygen atoms in total. The number of rotatable bonds is 10. The smallest absolute Gasteiger partial charge is 0.146 e. The lowest BCUT2D eigenvalue weighted by Gasteiger charge is -2.16. The van der Waals surface area contributed by atoms with Crippen molar-refractivity contribution in [2.24, 2.45) is 0 Å². The Kier molecular flexibility index (Phi) is 11.6. The van der Waals surface area contributed by atoms with Gasteiger partial charge in [0.1, 0.15) is 5.75 Å². The van der Waals surface area contributed by atoms with E-state index in [0.717, 1.165) is 49.6 Å². The fourth-order valence-electron chi connectivity index (χ4n) is 3.45. The molecule has 2 aromatic rings. The summed E-state index contributed by atoms with van der Waals surface area (Å²) in [5.41, 5.74) is 5.80. The number of nitrogens with zero attached hydrogens (tertiary/aromatic N) is 1. The molecule has 162 valence electrons. The third kappa shape index (κ3) is 7.14. The molecule has 0 saturated carbocycles. The first kappa shape index (κ1) is 25.7. The zero-order chi connectivity index (χ0) is 19.1. The predicted octanol–water partition coefficient (Wildman–Crippen LogP) is 5.40. The van der Waals surface area contributed by atoms with E-state index in [1.165, 1.54) is 23.1 Å². The average Bonchev–Trinajstić information content (AvgIpc) is 3.17. The van der Waals surface area contributed by atoms with E-state index in [1.807, 2.05) is 13.0 Å². The summed E-state index contributed by atoms with van der Waals surface area (Å²) in [6, 6.07) is 11.1. The Bertz CT molecular complexity index is 741. The van der Waals surface area contributed by atoms with Gasteiger partial charge in [-0.1, -0.05) is 37.3 Å². The van der Waals surface area contributed by atoms with E-state index in [2.05, 4.69) is 43.4 Å². The first-order valence-electron chi connectivity index (χ1n) is 10.2. The zero-order valence-electron chi connectivity index (χ0n) is 17.7. The van der Waals surface area contributed by atoms with Crippen LogP contribution in [0, 0.1) is 6.92 Å². The highest BCUT2D eigenvalue weighted by molar-refractivity contribution is 5.85. The molecule has 1 aliphatic rings. The van der Waals surface area contributed by atoms with Crippen LogP contribution in [0.15, 0.2) is 30.3 Å². The minimum Gasteiger partial charge on any atom is -0.491 e. The van der Waals surface area contributed by atoms with E-state index in [1.54, 1.807) is 0 Å². The number of fused-ring (bicyclic) bond motifs is 1. The molecule has 0 radical (unpaired) electrons. The number of nitrogens with one attached hydrogen (secondary N) is 1. The Morgan fingerprint density at radius 2 is 1.83 bits per heavy atom. The monoisotopic (exact) mass is 440 g/mol. The zero-order valence-corrected chi connectivity index (χ0v) is 19.3. The fraction of sp³-hybridized carbons (Fsp3) is 0.522. The molecule has 0 spiro atoms. The van der Waals surface area contributed by atoms with Crippen molar-refractivity contribution in [2.75, 3.05) is 13.2 Å². The molecule has 1 N–H and O–H groups in total. The van der Waals surface area contributed by atoms with Crippen molar-refractivity contribution in [3.63, 3.8) is 0 Å². The summed E-state index contributed by atoms with van der Waals surface area (Å²) in [6.07, 6.45) is 4.18. The summed E-state index contributed by atoms with van der Waals surface area (Å²) in [4.78, 5) is 4.87. The number of hydrogen-bond donors (Lipinski definition) is 1. The molecule has 3 rings (SSSR count). The topological polar surface area (TPSA) is 43.4 Å². The molecular weight excluding hydrogens is 407 g/mol. The summed E-state index contributed by atoms with van der Waals surface area (Å²) in [5.74, 6) is 0.939. The standard InChI is InChI=1S/C23H32N2O2.2ClH/c1-4-17(2)24-12-8-9-13-27-23-18(3)25-22(20-15-26-16-21(20)23)14-19-10-6-5-7-11-19;;/h5-7,10-11,17,24H,4,8-9,12-16H2,1-3H3;2*1H. The fourth-order valence-corrected chi connectivity index (χ4v) is 3.45. The van der Waals surface area contributed by atoms with Gasteiger partial charge in [-0.25, -0.2) is 0 Å². The number of aryl methyl sites for hydroxylation is 1. The molecule has 1 unspecified atom stereocenters. The van der Waals surface area contributed by atoms with E-state index in [4.69, 9.17) is 14.5 Å². The van der Waals surface area contributed by atoms with Crippen molar-refractivity contribution < 1.29 is 9.47 Å². The summed E-state index contributed by atoms with van der Waals surface area (Å²) in [6.45, 7) is 9.53. The molecule has 0 saturated heterocycles. The van der Waals surface area contributed by atoms with Crippen LogP contribution in [0.4, 0.5) is 0 Å². The molecule has 1 aromatic heterocycles. The molecule has 0 fully saturated rings. The Balaban J connectivity index is 0.00000210. The second kappa shape index (κ2) is 13.1. The number of unbranched alkanes of at least 4 members (excludes halogenated alkanes) is 1. The molecule has 0 aliphatic carbocycles. The molecule has 0 amide bonds. The van der Waals surface area contributed by atoms with Crippen LogP contribution in [-0.2, 0) is 24.4 Å². The van der Waals surface area contributed by atoms with Crippen LogP contribution in [0.25, 0.3) is 0 Å². The first-order valence-corrected chi connectivity index (χ1v) is 10.2. The third-order valence-corrected chi connectivity index (χ3v) is 5.25. The van der Waals surface area contributed by atoms with Gasteiger partial charge in [-0.2, -0.15) is 0 Å². The van der Waals surface area contributed by atoms with Crippen molar-refractivity contribution in [3.05, 3.63) is 58.4 Å². The van der Waals surface area contributed by atoms with Gasteiger partial charge >= 0.3 is 0 Å². The molecular formula is C23H34Cl2N2O2. The number of aromatic nitrogens is 1. The van der Waals surface area contributed by atoms with Crippen LogP contribution < -0.4 is 10.1 Å². The maximum absolute atomic E-state index is 6.15. The van der Waals surface area contributed by atoms with Gasteiger partial charge < -0.3 is 14.8 Å². The van der Waals surface area contributed by atoms with Crippen molar-refractivity contribution in [2.45, 2.75) is 65.7 Å². The Morgan fingerprint density at radius 3 is 2.55 bits per heavy atom. The number of benzene rings is 1. The maximum atomic E-state index is 6.15. The molecule has 1 aromatic carbocycles. The van der Waals surface area contributed by atoms with Gasteiger partial charge in [-0.15, -0.1) is 24.8 Å². The summed E-state index contributed by atoms with van der Waals surface area (Å²) in [5, 5.41) is 3.53. The molecule has 2 heterocycles. The Morgan fingerprint density at radius 1 is 1.10 bits per heavy atom. The van der Waals surface area contributed by atoms with Crippen LogP contribution >= 0.6 is 24.8 Å². The quantitative estimate of drug-likeness (QED) is 0.502. The van der Waals surface area contributed by atoms with E-state index in [-0.39, 0.29) is 24.8 Å². The Labute approximate surface area is 187 Å². The van der Waals surface area contributed by atoms with Gasteiger partial charge in [0, 0.05) is 23.6 Å². The molecule has 1 aliphatic heterocycles. The lowest BCUT2D eigenvalue weighted by molar-refractivity contribution is 0.132. The molecule has 0 bridgehead atoms. The lowest BCUT2D eigenvalue weighted by Crippen LogP contribution is -2.26. The van der Waals surface area contributed by atoms with Gasteiger partial charge in [0.2, 0.25) is 0 Å². The largest absolute Gasteiger partial charge is 0.491 e. The minimum absolute atomic E-state index is 0. The normalized spacial score (nSPS) is 13.2. The van der Waals surface area contributed by atoms with Crippen molar-refractivity contribution >= 4 is 24.8 Å². The SMILES string of the molecule is CCC(C)NCCCCOc1c(C)nc(Cc2ccccc2)c2c1COC2.Cl.Cl. The lowest BCUT2D eigenvalue weighted by atomic mass is 10.0. The highest BCUT2D eigenvalue weighted by atomic mass is 35.5. The van der Waals surface area contributed by atoms with Crippen molar-refractivity contribution in [3.8, 4) is 5.75 Å². The minimum atomic E-state index is 0. The van der Waals surface area contributed by atoms with Crippen molar-refractivity contribution in [1.29, 1.82) is 0 Å². The van der Waals surface area contributed by atoms with Gasteiger partial charge in [-0.05, 0) is 45.2 Å². The van der Waals surface area contributed by atoms with E-state index < -0.39 is 0 Å². The van der Waals surface area contributed by atoms with E-state index >= 15 is 0 Å². The highest BCUT2D eigenvalue weighted by Gasteiger charge is 2.23.